The first-order valence-corrected chi connectivity index (χ1v) is 10.7. The maximum absolute atomic E-state index is 11.7. The molecule has 0 aromatic carbocycles. The lowest BCUT2D eigenvalue weighted by Crippen LogP contribution is -2.37. The van der Waals surface area contributed by atoms with Crippen LogP contribution in [0, 0.1) is 0 Å². The molecule has 1 unspecified atom stereocenters. The zero-order valence-corrected chi connectivity index (χ0v) is 17.2. The van der Waals surface area contributed by atoms with Crippen LogP contribution in [0.3, 0.4) is 0 Å². The number of unbranched alkanes of at least 4 members (excludes halogenated alkanes) is 9. The first kappa shape index (κ1) is 26.3. The van der Waals surface area contributed by atoms with E-state index in [9.17, 15) is 9.46 Å². The van der Waals surface area contributed by atoms with Gasteiger partial charge in [0.05, 0.1) is 27.7 Å². The molecule has 3 N–H and O–H groups in total. The second kappa shape index (κ2) is 15.3. The lowest BCUT2D eigenvalue weighted by molar-refractivity contribution is -0.870. The Morgan fingerprint density at radius 3 is 1.67 bits per heavy atom. The molecular weight excluding hydrogens is 329 g/mol. The van der Waals surface area contributed by atoms with E-state index in [0.717, 1.165) is 12.8 Å². The molecule has 0 aromatic heterocycles. The van der Waals surface area contributed by atoms with Crippen LogP contribution in [-0.4, -0.2) is 55.8 Å². The second-order valence-corrected chi connectivity index (χ2v) is 8.78. The van der Waals surface area contributed by atoms with Crippen molar-refractivity contribution < 1.29 is 28.5 Å². The summed E-state index contributed by atoms with van der Waals surface area (Å²) in [6.07, 6.45) is 12.3. The predicted molar refractivity (Wildman–Crippen MR) is 100 cm³/mol. The van der Waals surface area contributed by atoms with Gasteiger partial charge in [-0.15, -0.1) is 0 Å². The summed E-state index contributed by atoms with van der Waals surface area (Å²) in [7, 11) is 2.17. The number of likely N-dealkylation sites (N-methyl/N-ethyl adjacent to an activating group) is 1. The highest BCUT2D eigenvalue weighted by Gasteiger charge is 2.21. The quantitative estimate of drug-likeness (QED) is 0.253. The van der Waals surface area contributed by atoms with Gasteiger partial charge < -0.3 is 14.9 Å². The van der Waals surface area contributed by atoms with Crippen molar-refractivity contribution in [2.24, 2.45) is 0 Å². The molecule has 0 aliphatic carbocycles. The summed E-state index contributed by atoms with van der Waals surface area (Å²) in [6.45, 7) is 3.44. The molecule has 6 nitrogen and oxygen atoms in total. The van der Waals surface area contributed by atoms with Crippen LogP contribution in [0.2, 0.25) is 0 Å². The van der Waals surface area contributed by atoms with Crippen LogP contribution < -0.4 is 0 Å². The van der Waals surface area contributed by atoms with E-state index in [-0.39, 0.29) is 12.1 Å². The van der Waals surface area contributed by atoms with Gasteiger partial charge in [0.2, 0.25) is 0 Å². The number of quaternary nitrogens is 1. The molecule has 0 aromatic rings. The summed E-state index contributed by atoms with van der Waals surface area (Å²) in [4.78, 5) is 9.56. The number of phosphoric acid groups is 1. The van der Waals surface area contributed by atoms with Gasteiger partial charge in [0.25, 0.3) is 0 Å². The van der Waals surface area contributed by atoms with Crippen LogP contribution in [0.25, 0.3) is 0 Å². The summed E-state index contributed by atoms with van der Waals surface area (Å²) in [5, 5.41) is 0. The Kier molecular flexibility index (Phi) is 16.7. The number of hydrogen-bond donors (Lipinski definition) is 1. The molecule has 1 atom stereocenters. The number of rotatable bonds is 16. The van der Waals surface area contributed by atoms with Crippen molar-refractivity contribution in [2.45, 2.75) is 71.1 Å². The van der Waals surface area contributed by atoms with Gasteiger partial charge in [-0.3, -0.25) is 9.05 Å². The Bertz CT molecular complexity index is 321. The summed E-state index contributed by atoms with van der Waals surface area (Å²) in [5.41, 5.74) is 0. The van der Waals surface area contributed by atoms with Crippen molar-refractivity contribution in [1.82, 2.24) is 0 Å². The molecule has 0 saturated carbocycles. The minimum atomic E-state index is -3.87. The van der Waals surface area contributed by atoms with Crippen LogP contribution in [0.1, 0.15) is 71.1 Å². The Hall–Kier alpha value is 0.0300. The lowest BCUT2D eigenvalue weighted by atomic mass is 10.1. The van der Waals surface area contributed by atoms with Crippen molar-refractivity contribution >= 4 is 7.82 Å². The van der Waals surface area contributed by atoms with Gasteiger partial charge >= 0.3 is 7.82 Å². The fourth-order valence-corrected chi connectivity index (χ4v) is 2.98. The summed E-state index contributed by atoms with van der Waals surface area (Å²) >= 11 is 0. The highest BCUT2D eigenvalue weighted by Crippen LogP contribution is 2.43. The zero-order chi connectivity index (χ0) is 17.6. The Balaban J connectivity index is 0. The lowest BCUT2D eigenvalue weighted by Gasteiger charge is -2.24. The molecule has 0 radical (unpaired) electrons. The van der Waals surface area contributed by atoms with Crippen molar-refractivity contribution in [2.75, 3.05) is 40.9 Å². The zero-order valence-electron chi connectivity index (χ0n) is 16.3. The third kappa shape index (κ3) is 20.1. The van der Waals surface area contributed by atoms with Crippen molar-refractivity contribution in [3.8, 4) is 0 Å². The maximum atomic E-state index is 11.7. The topological polar surface area (TPSA) is 87.3 Å². The molecular formula is C17H41NO5P+. The third-order valence-corrected chi connectivity index (χ3v) is 4.79. The Labute approximate surface area is 149 Å². The van der Waals surface area contributed by atoms with Gasteiger partial charge in [0, 0.05) is 0 Å². The van der Waals surface area contributed by atoms with E-state index in [1.165, 1.54) is 51.4 Å². The van der Waals surface area contributed by atoms with Crippen LogP contribution in [0.4, 0.5) is 0 Å². The molecule has 7 heteroatoms. The summed E-state index contributed by atoms with van der Waals surface area (Å²) in [6, 6.07) is 0. The highest BCUT2D eigenvalue weighted by atomic mass is 31.2. The van der Waals surface area contributed by atoms with E-state index in [2.05, 4.69) is 6.92 Å². The normalized spacial score (nSPS) is 14.2. The molecule has 0 amide bonds. The van der Waals surface area contributed by atoms with E-state index >= 15 is 0 Å². The van der Waals surface area contributed by atoms with Gasteiger partial charge in [-0.1, -0.05) is 64.7 Å². The van der Waals surface area contributed by atoms with Crippen molar-refractivity contribution in [3.63, 3.8) is 0 Å². The van der Waals surface area contributed by atoms with Crippen LogP contribution in [0.15, 0.2) is 0 Å². The second-order valence-electron chi connectivity index (χ2n) is 7.33. The molecule has 24 heavy (non-hydrogen) atoms. The molecule has 0 aliphatic heterocycles. The van der Waals surface area contributed by atoms with E-state index in [1.54, 1.807) is 0 Å². The SMILES string of the molecule is CCCCCCCCCCCCOP(=O)(O)OCC[N+](C)(C)C.O. The minimum absolute atomic E-state index is 0. The molecule has 0 spiro atoms. The first-order valence-electron chi connectivity index (χ1n) is 9.19. The smallest absolute Gasteiger partial charge is 0.412 e. The average molecular weight is 370 g/mol. The van der Waals surface area contributed by atoms with Gasteiger partial charge in [-0.2, -0.15) is 0 Å². The van der Waals surface area contributed by atoms with E-state index in [0.29, 0.717) is 17.6 Å². The third-order valence-electron chi connectivity index (χ3n) is 3.77. The van der Waals surface area contributed by atoms with Crippen molar-refractivity contribution in [1.29, 1.82) is 0 Å². The molecule has 0 fully saturated rings. The van der Waals surface area contributed by atoms with Gasteiger partial charge in [-0.05, 0) is 6.42 Å². The van der Waals surface area contributed by atoms with E-state index < -0.39 is 7.82 Å². The fourth-order valence-electron chi connectivity index (χ4n) is 2.24. The predicted octanol–water partition coefficient (Wildman–Crippen LogP) is 3.92. The van der Waals surface area contributed by atoms with E-state index in [1.807, 2.05) is 21.1 Å². The Morgan fingerprint density at radius 1 is 0.792 bits per heavy atom. The molecule has 0 rings (SSSR count). The first-order chi connectivity index (χ1) is 10.8. The molecule has 0 heterocycles. The Morgan fingerprint density at radius 2 is 1.21 bits per heavy atom. The van der Waals surface area contributed by atoms with Crippen LogP contribution in [-0.2, 0) is 13.6 Å². The highest BCUT2D eigenvalue weighted by molar-refractivity contribution is 7.47. The largest absolute Gasteiger partial charge is 0.472 e. The van der Waals surface area contributed by atoms with E-state index in [4.69, 9.17) is 9.05 Å². The van der Waals surface area contributed by atoms with Gasteiger partial charge in [-0.25, -0.2) is 4.57 Å². The summed E-state index contributed by atoms with van der Waals surface area (Å²) in [5.74, 6) is 0. The van der Waals surface area contributed by atoms with Gasteiger partial charge in [0.15, 0.2) is 0 Å². The minimum Gasteiger partial charge on any atom is -0.412 e. The van der Waals surface area contributed by atoms with Gasteiger partial charge in [0.1, 0.15) is 13.2 Å². The molecule has 0 aliphatic rings. The van der Waals surface area contributed by atoms with Crippen molar-refractivity contribution in [3.05, 3.63) is 0 Å². The number of nitrogens with zero attached hydrogens (tertiary/aromatic N) is 1. The standard InChI is InChI=1S/C17H38NO4P.H2O/c1-5-6-7-8-9-10-11-12-13-14-16-21-23(19,20)22-17-15-18(2,3)4;/h5-17H2,1-4H3;1H2/p+1. The number of phosphoric ester groups is 1. The maximum Gasteiger partial charge on any atom is 0.472 e. The average Bonchev–Trinajstić information content (AvgIpc) is 2.43. The molecule has 0 saturated heterocycles. The molecule has 148 valence electrons. The molecule has 0 bridgehead atoms. The number of hydrogen-bond acceptors (Lipinski definition) is 3. The van der Waals surface area contributed by atoms with Crippen LogP contribution >= 0.6 is 7.82 Å². The monoisotopic (exact) mass is 370 g/mol. The summed E-state index contributed by atoms with van der Waals surface area (Å²) < 4.78 is 22.3. The fraction of sp³-hybridized carbons (Fsp3) is 1.00. The van der Waals surface area contributed by atoms with Crippen LogP contribution in [0.5, 0.6) is 0 Å².